The van der Waals surface area contributed by atoms with Gasteiger partial charge in [-0.15, -0.1) is 0 Å². The number of ether oxygens (including phenoxy) is 1. The van der Waals surface area contributed by atoms with Gasteiger partial charge in [-0.05, 0) is 73.2 Å². The summed E-state index contributed by atoms with van der Waals surface area (Å²) in [6.45, 7) is 2.81. The summed E-state index contributed by atoms with van der Waals surface area (Å²) in [6.07, 6.45) is 0. The molecule has 0 radical (unpaired) electrons. The summed E-state index contributed by atoms with van der Waals surface area (Å²) in [6, 6.07) is 16.3. The fourth-order valence-corrected chi connectivity index (χ4v) is 3.67. The number of hydrogen-bond donors (Lipinski definition) is 1. The number of benzene rings is 3. The zero-order chi connectivity index (χ0) is 24.4. The predicted molar refractivity (Wildman–Crippen MR) is 133 cm³/mol. The number of Topliss-reactive ketones (excluding diaryl/α,β-unsaturated/α-hetero) is 1. The predicted octanol–water partition coefficient (Wildman–Crippen LogP) is 6.30. The molecule has 34 heavy (non-hydrogen) atoms. The molecule has 8 heteroatoms. The van der Waals surface area contributed by atoms with E-state index in [1.54, 1.807) is 54.6 Å². The third kappa shape index (κ3) is 4.98. The van der Waals surface area contributed by atoms with Crippen molar-refractivity contribution in [2.24, 2.45) is 0 Å². The lowest BCUT2D eigenvalue weighted by molar-refractivity contribution is -0.114. The number of rotatable bonds is 6. The van der Waals surface area contributed by atoms with Crippen LogP contribution in [0, 0.1) is 6.92 Å². The monoisotopic (exact) mass is 495 g/mol. The molecule has 6 nitrogen and oxygen atoms in total. The number of ketones is 1. The molecule has 1 aromatic heterocycles. The second-order valence-electron chi connectivity index (χ2n) is 7.66. The lowest BCUT2D eigenvalue weighted by atomic mass is 10.1. The normalized spacial score (nSPS) is 10.8. The Morgan fingerprint density at radius 2 is 1.68 bits per heavy atom. The molecule has 1 amide bonds. The minimum Gasteiger partial charge on any atom is -0.478 e. The van der Waals surface area contributed by atoms with Gasteiger partial charge in [0.15, 0.2) is 18.2 Å². The lowest BCUT2D eigenvalue weighted by Gasteiger charge is -2.12. The molecule has 1 N–H and O–H groups in total. The van der Waals surface area contributed by atoms with Crippen molar-refractivity contribution in [2.75, 3.05) is 11.9 Å². The Morgan fingerprint density at radius 1 is 1.00 bits per heavy atom. The maximum absolute atomic E-state index is 13.3. The van der Waals surface area contributed by atoms with Crippen LogP contribution in [0.15, 0.2) is 69.9 Å². The molecule has 3 aromatic carbocycles. The number of fused-ring (bicyclic) bond motifs is 1. The number of carbonyl (C=O) groups excluding carboxylic acids is 2. The van der Waals surface area contributed by atoms with E-state index < -0.39 is 12.0 Å². The van der Waals surface area contributed by atoms with Crippen LogP contribution in [0.2, 0.25) is 10.0 Å². The van der Waals surface area contributed by atoms with E-state index in [1.165, 1.54) is 13.0 Å². The molecule has 4 rings (SSSR count). The van der Waals surface area contributed by atoms with Gasteiger partial charge in [-0.25, -0.2) is 0 Å². The van der Waals surface area contributed by atoms with E-state index in [0.717, 1.165) is 5.56 Å². The van der Waals surface area contributed by atoms with E-state index in [2.05, 4.69) is 5.32 Å². The van der Waals surface area contributed by atoms with Gasteiger partial charge in [-0.2, -0.15) is 0 Å². The van der Waals surface area contributed by atoms with Gasteiger partial charge in [0.2, 0.25) is 17.1 Å². The first-order valence-electron chi connectivity index (χ1n) is 10.3. The summed E-state index contributed by atoms with van der Waals surface area (Å²) in [5, 5.41) is 3.82. The molecule has 0 spiro atoms. The summed E-state index contributed by atoms with van der Waals surface area (Å²) < 4.78 is 11.8. The van der Waals surface area contributed by atoms with Crippen molar-refractivity contribution in [1.29, 1.82) is 0 Å². The van der Waals surface area contributed by atoms with E-state index in [9.17, 15) is 14.4 Å². The molecule has 0 fully saturated rings. The van der Waals surface area contributed by atoms with E-state index >= 15 is 0 Å². The average molecular weight is 496 g/mol. The Hall–Kier alpha value is -3.61. The maximum Gasteiger partial charge on any atom is 0.235 e. The molecule has 0 unspecified atom stereocenters. The first-order valence-corrected chi connectivity index (χ1v) is 11.0. The number of aryl methyl sites for hydroxylation is 1. The Balaban J connectivity index is 1.71. The number of nitrogens with one attached hydrogen (secondary N) is 1. The van der Waals surface area contributed by atoms with E-state index in [1.807, 2.05) is 6.92 Å². The fourth-order valence-electron chi connectivity index (χ4n) is 3.38. The Labute approximate surface area is 205 Å². The second kappa shape index (κ2) is 9.71. The molecule has 172 valence electrons. The van der Waals surface area contributed by atoms with Crippen molar-refractivity contribution >= 4 is 51.5 Å². The average Bonchev–Trinajstić information content (AvgIpc) is 2.80. The largest absolute Gasteiger partial charge is 0.478 e. The van der Waals surface area contributed by atoms with Crippen LogP contribution in [0.1, 0.15) is 22.8 Å². The summed E-state index contributed by atoms with van der Waals surface area (Å²) in [4.78, 5) is 37.2. The SMILES string of the molecule is CC(=O)Nc1ccc(C(=O)COc2c(-c3ccc(Cl)cc3)oc3cc(C)c(Cl)cc3c2=O)cc1. The smallest absolute Gasteiger partial charge is 0.235 e. The molecule has 0 saturated heterocycles. The van der Waals surface area contributed by atoms with Gasteiger partial charge in [-0.3, -0.25) is 14.4 Å². The molecule has 0 aliphatic carbocycles. The van der Waals surface area contributed by atoms with Crippen molar-refractivity contribution in [3.8, 4) is 17.1 Å². The molecule has 0 saturated carbocycles. The van der Waals surface area contributed by atoms with Crippen LogP contribution in [0.3, 0.4) is 0 Å². The number of amides is 1. The summed E-state index contributed by atoms with van der Waals surface area (Å²) >= 11 is 12.2. The highest BCUT2D eigenvalue weighted by Gasteiger charge is 2.20. The third-order valence-corrected chi connectivity index (χ3v) is 5.77. The summed E-state index contributed by atoms with van der Waals surface area (Å²) in [7, 11) is 0. The zero-order valence-electron chi connectivity index (χ0n) is 18.3. The van der Waals surface area contributed by atoms with Crippen LogP contribution in [-0.2, 0) is 4.79 Å². The van der Waals surface area contributed by atoms with Crippen LogP contribution in [0.4, 0.5) is 5.69 Å². The Kier molecular flexibility index (Phi) is 6.72. The highest BCUT2D eigenvalue weighted by Crippen LogP contribution is 2.33. The van der Waals surface area contributed by atoms with Crippen LogP contribution in [0.25, 0.3) is 22.3 Å². The van der Waals surface area contributed by atoms with Gasteiger partial charge < -0.3 is 14.5 Å². The number of hydrogen-bond acceptors (Lipinski definition) is 5. The van der Waals surface area contributed by atoms with Gasteiger partial charge in [0.25, 0.3) is 0 Å². The minimum atomic E-state index is -0.443. The van der Waals surface area contributed by atoms with Gasteiger partial charge in [-0.1, -0.05) is 23.2 Å². The van der Waals surface area contributed by atoms with E-state index in [4.69, 9.17) is 32.4 Å². The van der Waals surface area contributed by atoms with Crippen molar-refractivity contribution in [3.63, 3.8) is 0 Å². The Bertz CT molecular complexity index is 1460. The maximum atomic E-state index is 13.3. The molecule has 0 aliphatic heterocycles. The van der Waals surface area contributed by atoms with Gasteiger partial charge >= 0.3 is 0 Å². The van der Waals surface area contributed by atoms with Crippen molar-refractivity contribution in [3.05, 3.63) is 92.1 Å². The number of anilines is 1. The molecule has 0 bridgehead atoms. The van der Waals surface area contributed by atoms with Crippen molar-refractivity contribution < 1.29 is 18.7 Å². The zero-order valence-corrected chi connectivity index (χ0v) is 19.8. The lowest BCUT2D eigenvalue weighted by Crippen LogP contribution is -2.17. The van der Waals surface area contributed by atoms with Crippen LogP contribution in [0.5, 0.6) is 5.75 Å². The van der Waals surface area contributed by atoms with Crippen molar-refractivity contribution in [2.45, 2.75) is 13.8 Å². The topological polar surface area (TPSA) is 85.6 Å². The molecule has 4 aromatic rings. The standard InChI is InChI=1S/C26H19Cl2NO5/c1-14-11-23-20(12-21(14)28)24(32)26(25(34-23)17-3-7-18(27)8-4-17)33-13-22(31)16-5-9-19(10-6-16)29-15(2)30/h3-12H,13H2,1-2H3,(H,29,30). The fraction of sp³-hybridized carbons (Fsp3) is 0.115. The summed E-state index contributed by atoms with van der Waals surface area (Å²) in [5.74, 6) is -0.476. The van der Waals surface area contributed by atoms with E-state index in [0.29, 0.717) is 32.4 Å². The highest BCUT2D eigenvalue weighted by molar-refractivity contribution is 6.32. The van der Waals surface area contributed by atoms with E-state index in [-0.39, 0.29) is 28.6 Å². The minimum absolute atomic E-state index is 0.0991. The molecule has 0 atom stereocenters. The molecule has 1 heterocycles. The van der Waals surface area contributed by atoms with Crippen LogP contribution in [-0.4, -0.2) is 18.3 Å². The van der Waals surface area contributed by atoms with Crippen molar-refractivity contribution in [1.82, 2.24) is 0 Å². The molecular weight excluding hydrogens is 477 g/mol. The number of halogens is 2. The molecule has 0 aliphatic rings. The quantitative estimate of drug-likeness (QED) is 0.317. The highest BCUT2D eigenvalue weighted by atomic mass is 35.5. The molecular formula is C26H19Cl2NO5. The second-order valence-corrected chi connectivity index (χ2v) is 8.51. The van der Waals surface area contributed by atoms with Crippen LogP contribution < -0.4 is 15.5 Å². The summed E-state index contributed by atoms with van der Waals surface area (Å²) in [5.41, 5.74) is 2.17. The van der Waals surface area contributed by atoms with Gasteiger partial charge in [0, 0.05) is 33.8 Å². The number of carbonyl (C=O) groups is 2. The van der Waals surface area contributed by atoms with Gasteiger partial charge in [0.1, 0.15) is 5.58 Å². The Morgan fingerprint density at radius 3 is 2.32 bits per heavy atom. The third-order valence-electron chi connectivity index (χ3n) is 5.11. The van der Waals surface area contributed by atoms with Crippen LogP contribution >= 0.6 is 23.2 Å². The van der Waals surface area contributed by atoms with Gasteiger partial charge in [0.05, 0.1) is 5.39 Å². The first-order chi connectivity index (χ1) is 16.2. The first kappa shape index (κ1) is 23.5.